The van der Waals surface area contributed by atoms with Crippen molar-refractivity contribution >= 4 is 11.3 Å². The van der Waals surface area contributed by atoms with Crippen LogP contribution in [0.2, 0.25) is 0 Å². The van der Waals surface area contributed by atoms with Crippen LogP contribution in [-0.4, -0.2) is 35.6 Å². The third-order valence-corrected chi connectivity index (χ3v) is 4.02. The number of rotatable bonds is 3. The molecule has 0 aliphatic carbocycles. The average molecular weight is 240 g/mol. The summed E-state index contributed by atoms with van der Waals surface area (Å²) >= 11 is 1.73. The summed E-state index contributed by atoms with van der Waals surface area (Å²) in [6, 6.07) is 0.594. The molecule has 1 aliphatic heterocycles. The van der Waals surface area contributed by atoms with E-state index in [0.717, 1.165) is 31.1 Å². The van der Waals surface area contributed by atoms with Crippen LogP contribution in [0.3, 0.4) is 0 Å². The number of hydrogen-bond acceptors (Lipinski definition) is 4. The second-order valence-electron chi connectivity index (χ2n) is 4.48. The minimum absolute atomic E-state index is 0.182. The van der Waals surface area contributed by atoms with E-state index in [1.165, 1.54) is 5.69 Å². The summed E-state index contributed by atoms with van der Waals surface area (Å²) in [6.45, 7) is 9.46. The van der Waals surface area contributed by atoms with E-state index in [1.54, 1.807) is 11.3 Å². The Morgan fingerprint density at radius 2 is 2.44 bits per heavy atom. The Bertz CT molecular complexity index is 338. The first-order valence-electron chi connectivity index (χ1n) is 6.00. The number of aryl methyl sites for hydroxylation is 1. The van der Waals surface area contributed by atoms with Crippen LogP contribution in [0.5, 0.6) is 0 Å². The normalized spacial score (nSPS) is 22.9. The van der Waals surface area contributed by atoms with Crippen molar-refractivity contribution in [2.45, 2.75) is 39.3 Å². The lowest BCUT2D eigenvalue weighted by atomic mass is 10.2. The maximum absolute atomic E-state index is 5.81. The smallest absolute Gasteiger partial charge is 0.123 e. The third kappa shape index (κ3) is 2.62. The maximum Gasteiger partial charge on any atom is 0.123 e. The number of morpholine rings is 1. The van der Waals surface area contributed by atoms with Gasteiger partial charge in [-0.15, -0.1) is 11.3 Å². The highest BCUT2D eigenvalue weighted by molar-refractivity contribution is 7.09. The molecular formula is C12H20N2OS. The van der Waals surface area contributed by atoms with Crippen LogP contribution in [-0.2, 0) is 11.2 Å². The number of hydrogen-bond donors (Lipinski definition) is 0. The summed E-state index contributed by atoms with van der Waals surface area (Å²) < 4.78 is 5.81. The van der Waals surface area contributed by atoms with Crippen molar-refractivity contribution in [2.24, 2.45) is 0 Å². The molecule has 1 fully saturated rings. The molecule has 0 N–H and O–H groups in total. The zero-order valence-electron chi connectivity index (χ0n) is 10.3. The Labute approximate surface area is 101 Å². The summed E-state index contributed by atoms with van der Waals surface area (Å²) in [6.07, 6.45) is 1.19. The summed E-state index contributed by atoms with van der Waals surface area (Å²) in [5.41, 5.74) is 1.19. The van der Waals surface area contributed by atoms with Crippen molar-refractivity contribution in [2.75, 3.05) is 19.7 Å². The second-order valence-corrected chi connectivity index (χ2v) is 5.37. The van der Waals surface area contributed by atoms with Crippen LogP contribution >= 0.6 is 11.3 Å². The van der Waals surface area contributed by atoms with E-state index in [9.17, 15) is 0 Å². The molecule has 90 valence electrons. The van der Waals surface area contributed by atoms with Gasteiger partial charge in [-0.1, -0.05) is 6.92 Å². The predicted molar refractivity (Wildman–Crippen MR) is 66.9 cm³/mol. The van der Waals surface area contributed by atoms with E-state index in [2.05, 4.69) is 36.0 Å². The molecule has 1 aromatic rings. The van der Waals surface area contributed by atoms with Gasteiger partial charge >= 0.3 is 0 Å². The Hall–Kier alpha value is -0.450. The monoisotopic (exact) mass is 240 g/mol. The van der Waals surface area contributed by atoms with Crippen molar-refractivity contribution < 1.29 is 4.74 Å². The molecular weight excluding hydrogens is 220 g/mol. The fraction of sp³-hybridized carbons (Fsp3) is 0.750. The van der Waals surface area contributed by atoms with Gasteiger partial charge in [-0.25, -0.2) is 4.98 Å². The lowest BCUT2D eigenvalue weighted by Gasteiger charge is -2.34. The molecule has 1 atom stereocenters. The molecule has 0 saturated carbocycles. The number of thiazole rings is 1. The topological polar surface area (TPSA) is 25.4 Å². The van der Waals surface area contributed by atoms with Crippen LogP contribution in [0.1, 0.15) is 37.6 Å². The van der Waals surface area contributed by atoms with Gasteiger partial charge in [0.15, 0.2) is 0 Å². The number of ether oxygens (including phenoxy) is 1. The molecule has 4 heteroatoms. The molecule has 16 heavy (non-hydrogen) atoms. The first-order valence-corrected chi connectivity index (χ1v) is 6.88. The summed E-state index contributed by atoms with van der Waals surface area (Å²) in [5, 5.41) is 3.29. The SMILES string of the molecule is CCc1csc(C2CN(C(C)C)CCO2)n1. The van der Waals surface area contributed by atoms with Crippen LogP contribution in [0.25, 0.3) is 0 Å². The van der Waals surface area contributed by atoms with Gasteiger partial charge in [0.1, 0.15) is 11.1 Å². The lowest BCUT2D eigenvalue weighted by Crippen LogP contribution is -2.42. The highest BCUT2D eigenvalue weighted by atomic mass is 32.1. The largest absolute Gasteiger partial charge is 0.368 e. The van der Waals surface area contributed by atoms with E-state index in [0.29, 0.717) is 6.04 Å². The zero-order chi connectivity index (χ0) is 11.5. The van der Waals surface area contributed by atoms with Gasteiger partial charge in [0.25, 0.3) is 0 Å². The fourth-order valence-electron chi connectivity index (χ4n) is 1.92. The van der Waals surface area contributed by atoms with E-state index in [1.807, 2.05) is 0 Å². The molecule has 2 rings (SSSR count). The third-order valence-electron chi connectivity index (χ3n) is 3.04. The zero-order valence-corrected chi connectivity index (χ0v) is 11.1. The van der Waals surface area contributed by atoms with Gasteiger partial charge in [-0.05, 0) is 20.3 Å². The lowest BCUT2D eigenvalue weighted by molar-refractivity contribution is -0.0403. The van der Waals surface area contributed by atoms with Gasteiger partial charge in [0.05, 0.1) is 12.3 Å². The molecule has 1 aliphatic rings. The fourth-order valence-corrected chi connectivity index (χ4v) is 2.86. The van der Waals surface area contributed by atoms with E-state index >= 15 is 0 Å². The summed E-state index contributed by atoms with van der Waals surface area (Å²) in [4.78, 5) is 7.07. The first-order chi connectivity index (χ1) is 7.70. The van der Waals surface area contributed by atoms with Gasteiger partial charge in [-0.2, -0.15) is 0 Å². The summed E-state index contributed by atoms with van der Waals surface area (Å²) in [7, 11) is 0. The molecule has 0 spiro atoms. The minimum Gasteiger partial charge on any atom is -0.368 e. The molecule has 0 amide bonds. The highest BCUT2D eigenvalue weighted by Crippen LogP contribution is 2.26. The van der Waals surface area contributed by atoms with Crippen LogP contribution < -0.4 is 0 Å². The van der Waals surface area contributed by atoms with Gasteiger partial charge in [0.2, 0.25) is 0 Å². The van der Waals surface area contributed by atoms with Gasteiger partial charge in [0, 0.05) is 24.5 Å². The highest BCUT2D eigenvalue weighted by Gasteiger charge is 2.25. The molecule has 1 saturated heterocycles. The van der Waals surface area contributed by atoms with Crippen molar-refractivity contribution in [3.63, 3.8) is 0 Å². The average Bonchev–Trinajstić information content (AvgIpc) is 2.77. The van der Waals surface area contributed by atoms with Crippen LogP contribution in [0.4, 0.5) is 0 Å². The van der Waals surface area contributed by atoms with Crippen molar-refractivity contribution in [1.82, 2.24) is 9.88 Å². The Morgan fingerprint density at radius 3 is 3.06 bits per heavy atom. The molecule has 1 aromatic heterocycles. The van der Waals surface area contributed by atoms with Crippen molar-refractivity contribution in [3.05, 3.63) is 16.1 Å². The molecule has 0 aromatic carbocycles. The first kappa shape index (κ1) is 12.0. The Balaban J connectivity index is 2.03. The van der Waals surface area contributed by atoms with Crippen LogP contribution in [0.15, 0.2) is 5.38 Å². The minimum atomic E-state index is 0.182. The van der Waals surface area contributed by atoms with E-state index < -0.39 is 0 Å². The Morgan fingerprint density at radius 1 is 1.62 bits per heavy atom. The molecule has 2 heterocycles. The molecule has 1 unspecified atom stereocenters. The van der Waals surface area contributed by atoms with Crippen molar-refractivity contribution in [1.29, 1.82) is 0 Å². The quantitative estimate of drug-likeness (QED) is 0.811. The van der Waals surface area contributed by atoms with Crippen LogP contribution in [0, 0.1) is 0 Å². The Kier molecular flexibility index (Phi) is 3.95. The number of aromatic nitrogens is 1. The molecule has 3 nitrogen and oxygen atoms in total. The molecule has 0 radical (unpaired) electrons. The van der Waals surface area contributed by atoms with E-state index in [-0.39, 0.29) is 6.10 Å². The van der Waals surface area contributed by atoms with Crippen molar-refractivity contribution in [3.8, 4) is 0 Å². The van der Waals surface area contributed by atoms with Gasteiger partial charge < -0.3 is 4.74 Å². The standard InChI is InChI=1S/C12H20N2OS/c1-4-10-8-16-12(13-10)11-7-14(9(2)3)5-6-15-11/h8-9,11H,4-7H2,1-3H3. The number of nitrogens with zero attached hydrogens (tertiary/aromatic N) is 2. The van der Waals surface area contributed by atoms with Gasteiger partial charge in [-0.3, -0.25) is 4.90 Å². The summed E-state index contributed by atoms with van der Waals surface area (Å²) in [5.74, 6) is 0. The van der Waals surface area contributed by atoms with E-state index in [4.69, 9.17) is 4.74 Å². The second kappa shape index (κ2) is 5.25. The maximum atomic E-state index is 5.81. The molecule has 0 bridgehead atoms. The predicted octanol–water partition coefficient (Wildman–Crippen LogP) is 2.49.